The Labute approximate surface area is 294 Å². The Morgan fingerprint density at radius 3 is 2.46 bits per heavy atom. The number of carbonyl (C=O) groups is 1. The van der Waals surface area contributed by atoms with E-state index in [4.69, 9.17) is 4.74 Å². The zero-order valence-electron chi connectivity index (χ0n) is 29.0. The van der Waals surface area contributed by atoms with E-state index in [1.54, 1.807) is 12.1 Å². The summed E-state index contributed by atoms with van der Waals surface area (Å²) < 4.78 is 5.82. The lowest BCUT2D eigenvalue weighted by atomic mass is 9.84. The summed E-state index contributed by atoms with van der Waals surface area (Å²) in [6.45, 7) is 5.42. The number of phenolic OH excluding ortho intramolecular Hbond substituents is 1. The van der Waals surface area contributed by atoms with E-state index in [0.717, 1.165) is 81.1 Å². The predicted octanol–water partition coefficient (Wildman–Crippen LogP) is 6.12. The summed E-state index contributed by atoms with van der Waals surface area (Å²) in [5.41, 5.74) is 3.55. The number of H-pyrrole nitrogens is 1. The van der Waals surface area contributed by atoms with E-state index in [9.17, 15) is 19.8 Å². The molecule has 1 aliphatic heterocycles. The number of aliphatic hydroxyl groups excluding tert-OH is 1. The Morgan fingerprint density at radius 1 is 0.940 bits per heavy atom. The van der Waals surface area contributed by atoms with Crippen LogP contribution in [0.5, 0.6) is 5.75 Å². The quantitative estimate of drug-likeness (QED) is 0.114. The van der Waals surface area contributed by atoms with Crippen LogP contribution in [0, 0.1) is 5.92 Å². The molecule has 1 saturated heterocycles. The number of carbonyl (C=O) groups excluding carboxylic acids is 1. The van der Waals surface area contributed by atoms with Crippen LogP contribution in [0.4, 0.5) is 10.5 Å². The third-order valence-corrected chi connectivity index (χ3v) is 10.5. The topological polar surface area (TPSA) is 130 Å². The third kappa shape index (κ3) is 9.51. The SMILES string of the molecule is CN(CCC1CCC(NC[C@@H](O)c2ccc(O)c3[nH]c(=O)ccc23)CC1)CCN1CCC(OC(=O)Nc2ccccc2-c2ccccc2)CC1. The molecule has 0 bridgehead atoms. The molecule has 1 aromatic heterocycles. The number of ether oxygens (including phenoxy) is 1. The molecule has 4 aromatic rings. The molecule has 266 valence electrons. The highest BCUT2D eigenvalue weighted by Crippen LogP contribution is 2.31. The highest BCUT2D eigenvalue weighted by atomic mass is 16.6. The fourth-order valence-electron chi connectivity index (χ4n) is 7.42. The number of amides is 1. The highest BCUT2D eigenvalue weighted by Gasteiger charge is 2.25. The number of para-hydroxylation sites is 1. The molecule has 6 rings (SSSR count). The van der Waals surface area contributed by atoms with Gasteiger partial charge in [-0.1, -0.05) is 54.6 Å². The second-order valence-electron chi connectivity index (χ2n) is 14.0. The van der Waals surface area contributed by atoms with E-state index in [1.165, 1.54) is 31.4 Å². The average molecular weight is 682 g/mol. The molecule has 2 aliphatic rings. The first-order valence-electron chi connectivity index (χ1n) is 18.1. The number of aromatic nitrogens is 1. The predicted molar refractivity (Wildman–Crippen MR) is 198 cm³/mol. The molecule has 10 heteroatoms. The summed E-state index contributed by atoms with van der Waals surface area (Å²) in [6, 6.07) is 24.6. The second-order valence-corrected chi connectivity index (χ2v) is 14.0. The van der Waals surface area contributed by atoms with Gasteiger partial charge in [-0.3, -0.25) is 10.1 Å². The highest BCUT2D eigenvalue weighted by molar-refractivity contribution is 5.91. The molecular formula is C40H51N5O5. The van der Waals surface area contributed by atoms with Crippen LogP contribution in [0.2, 0.25) is 0 Å². The van der Waals surface area contributed by atoms with Gasteiger partial charge in [0, 0.05) is 55.8 Å². The number of aromatic hydroxyl groups is 1. The van der Waals surface area contributed by atoms with Crippen LogP contribution in [0.15, 0.2) is 83.7 Å². The minimum absolute atomic E-state index is 0.000901. The van der Waals surface area contributed by atoms with Crippen molar-refractivity contribution in [2.45, 2.75) is 63.2 Å². The average Bonchev–Trinajstić information content (AvgIpc) is 3.14. The van der Waals surface area contributed by atoms with E-state index in [0.29, 0.717) is 29.1 Å². The molecule has 2 heterocycles. The summed E-state index contributed by atoms with van der Waals surface area (Å²) in [5.74, 6) is 0.720. The van der Waals surface area contributed by atoms with Crippen LogP contribution in [-0.4, -0.2) is 89.6 Å². The molecule has 0 unspecified atom stereocenters. The van der Waals surface area contributed by atoms with Crippen molar-refractivity contribution in [3.05, 3.63) is 94.8 Å². The summed E-state index contributed by atoms with van der Waals surface area (Å²) in [6.07, 6.45) is 6.25. The van der Waals surface area contributed by atoms with E-state index >= 15 is 0 Å². The fourth-order valence-corrected chi connectivity index (χ4v) is 7.42. The summed E-state index contributed by atoms with van der Waals surface area (Å²) >= 11 is 0. The van der Waals surface area contributed by atoms with Crippen LogP contribution < -0.4 is 16.2 Å². The minimum Gasteiger partial charge on any atom is -0.506 e. The number of hydrogen-bond acceptors (Lipinski definition) is 8. The molecule has 0 spiro atoms. The number of pyridine rings is 1. The Bertz CT molecular complexity index is 1750. The first-order valence-corrected chi connectivity index (χ1v) is 18.1. The monoisotopic (exact) mass is 681 g/mol. The number of anilines is 1. The van der Waals surface area contributed by atoms with E-state index in [1.807, 2.05) is 54.6 Å². The van der Waals surface area contributed by atoms with Gasteiger partial charge in [-0.25, -0.2) is 4.79 Å². The van der Waals surface area contributed by atoms with Crippen LogP contribution in [-0.2, 0) is 4.74 Å². The van der Waals surface area contributed by atoms with Crippen LogP contribution >= 0.6 is 0 Å². The van der Waals surface area contributed by atoms with Gasteiger partial charge in [-0.15, -0.1) is 0 Å². The number of piperidine rings is 1. The van der Waals surface area contributed by atoms with Gasteiger partial charge < -0.3 is 35.1 Å². The van der Waals surface area contributed by atoms with Crippen molar-refractivity contribution in [3.63, 3.8) is 0 Å². The Hall–Kier alpha value is -4.22. The fraction of sp³-hybridized carbons (Fsp3) is 0.450. The molecule has 5 N–H and O–H groups in total. The normalized spacial score (nSPS) is 19.4. The number of likely N-dealkylation sites (N-methyl/N-ethyl adjacent to an activating group) is 1. The molecule has 50 heavy (non-hydrogen) atoms. The maximum atomic E-state index is 12.8. The summed E-state index contributed by atoms with van der Waals surface area (Å²) in [4.78, 5) is 32.1. The zero-order valence-corrected chi connectivity index (χ0v) is 29.0. The van der Waals surface area contributed by atoms with E-state index in [2.05, 4.69) is 32.5 Å². The third-order valence-electron chi connectivity index (χ3n) is 10.5. The molecule has 1 amide bonds. The van der Waals surface area contributed by atoms with Gasteiger partial charge in [-0.05, 0) is 93.8 Å². The maximum absolute atomic E-state index is 12.8. The number of aromatic amines is 1. The largest absolute Gasteiger partial charge is 0.506 e. The Morgan fingerprint density at radius 2 is 1.68 bits per heavy atom. The van der Waals surface area contributed by atoms with Crippen molar-refractivity contribution >= 4 is 22.7 Å². The number of nitrogens with one attached hydrogen (secondary N) is 3. The Kier molecular flexibility index (Phi) is 12.2. The van der Waals surface area contributed by atoms with Crippen molar-refractivity contribution in [1.29, 1.82) is 0 Å². The number of fused-ring (bicyclic) bond motifs is 1. The molecule has 1 aliphatic carbocycles. The number of likely N-dealkylation sites (tertiary alicyclic amines) is 1. The smallest absolute Gasteiger partial charge is 0.411 e. The maximum Gasteiger partial charge on any atom is 0.411 e. The summed E-state index contributed by atoms with van der Waals surface area (Å²) in [7, 11) is 2.21. The number of rotatable bonds is 13. The molecular weight excluding hydrogens is 630 g/mol. The van der Waals surface area contributed by atoms with Crippen LogP contribution in [0.1, 0.15) is 56.6 Å². The molecule has 0 radical (unpaired) electrons. The van der Waals surface area contributed by atoms with Crippen molar-refractivity contribution in [2.24, 2.45) is 5.92 Å². The van der Waals surface area contributed by atoms with Crippen molar-refractivity contribution in [3.8, 4) is 16.9 Å². The number of benzene rings is 3. The van der Waals surface area contributed by atoms with Gasteiger partial charge in [0.05, 0.1) is 17.3 Å². The van der Waals surface area contributed by atoms with Crippen LogP contribution in [0.25, 0.3) is 22.0 Å². The molecule has 1 atom stereocenters. The lowest BCUT2D eigenvalue weighted by Gasteiger charge is -2.33. The van der Waals surface area contributed by atoms with Gasteiger partial charge in [0.2, 0.25) is 5.56 Å². The molecule has 10 nitrogen and oxygen atoms in total. The van der Waals surface area contributed by atoms with Crippen molar-refractivity contribution < 1.29 is 19.7 Å². The van der Waals surface area contributed by atoms with Gasteiger partial charge >= 0.3 is 6.09 Å². The van der Waals surface area contributed by atoms with Gasteiger partial charge in [0.15, 0.2) is 0 Å². The van der Waals surface area contributed by atoms with Crippen molar-refractivity contribution in [1.82, 2.24) is 20.1 Å². The lowest BCUT2D eigenvalue weighted by molar-refractivity contribution is 0.0563. The number of phenols is 1. The molecule has 2 fully saturated rings. The summed E-state index contributed by atoms with van der Waals surface area (Å²) in [5, 5.41) is 28.2. The number of hydrogen-bond donors (Lipinski definition) is 5. The van der Waals surface area contributed by atoms with E-state index < -0.39 is 12.2 Å². The van der Waals surface area contributed by atoms with E-state index in [-0.39, 0.29) is 17.4 Å². The van der Waals surface area contributed by atoms with Gasteiger partial charge in [-0.2, -0.15) is 0 Å². The minimum atomic E-state index is -0.735. The molecule has 3 aromatic carbocycles. The first-order chi connectivity index (χ1) is 24.3. The molecule has 1 saturated carbocycles. The number of aliphatic hydroxyl groups is 1. The first kappa shape index (κ1) is 35.6. The lowest BCUT2D eigenvalue weighted by Crippen LogP contribution is -2.42. The second kappa shape index (κ2) is 17.1. The number of nitrogens with zero attached hydrogens (tertiary/aromatic N) is 2. The van der Waals surface area contributed by atoms with Gasteiger partial charge in [0.1, 0.15) is 11.9 Å². The zero-order chi connectivity index (χ0) is 34.9. The van der Waals surface area contributed by atoms with Crippen molar-refractivity contribution in [2.75, 3.05) is 51.6 Å². The van der Waals surface area contributed by atoms with Crippen LogP contribution in [0.3, 0.4) is 0 Å². The Balaban J connectivity index is 0.840. The van der Waals surface area contributed by atoms with Gasteiger partial charge in [0.25, 0.3) is 0 Å². The standard InChI is InChI=1S/C40H51N5O5/c1-44(22-19-28-11-13-30(14-12-28)41-27-37(47)33-15-17-36(46)39-34(33)16-18-38(48)43-39)25-26-45-23-20-31(21-24-45)50-40(49)42-35-10-6-5-9-32(35)29-7-3-2-4-8-29/h2-10,15-18,28,30-31,37,41,46-47H,11-14,19-27H2,1H3,(H,42,49)(H,43,48)/t28?,30?,37-/m1/s1.